The van der Waals surface area contributed by atoms with Crippen LogP contribution in [0, 0.1) is 0 Å². The smallest absolute Gasteiger partial charge is 0.306 e. The van der Waals surface area contributed by atoms with Gasteiger partial charge in [-0.1, -0.05) is 115 Å². The Morgan fingerprint density at radius 1 is 0.543 bits per heavy atom. The minimum atomic E-state index is -0.0623. The molecule has 0 atom stereocenters. The molecular formula is C39H74N2O4S. The quantitative estimate of drug-likeness (QED) is 0.0289. The molecule has 0 heterocycles. The van der Waals surface area contributed by atoms with E-state index in [9.17, 15) is 9.59 Å². The molecule has 0 unspecified atom stereocenters. The van der Waals surface area contributed by atoms with Crippen LogP contribution in [0.3, 0.4) is 0 Å². The first-order valence-electron chi connectivity index (χ1n) is 19.1. The van der Waals surface area contributed by atoms with Crippen molar-refractivity contribution in [3.63, 3.8) is 0 Å². The molecule has 0 aliphatic heterocycles. The van der Waals surface area contributed by atoms with Gasteiger partial charge in [0.15, 0.2) is 0 Å². The molecule has 0 aromatic carbocycles. The minimum absolute atomic E-state index is 0.0623. The Hall–Kier alpha value is -1.31. The number of unbranched alkanes of at least 4 members (excludes halogenated alkanes) is 16. The van der Waals surface area contributed by atoms with Gasteiger partial charge in [0.1, 0.15) is 13.2 Å². The molecule has 0 aliphatic rings. The first kappa shape index (κ1) is 44.7. The number of esters is 2. The number of carbonyl (C=O) groups is 2. The zero-order valence-electron chi connectivity index (χ0n) is 30.8. The van der Waals surface area contributed by atoms with Gasteiger partial charge in [-0.05, 0) is 78.6 Å². The van der Waals surface area contributed by atoms with Gasteiger partial charge in [0, 0.05) is 31.0 Å². The van der Waals surface area contributed by atoms with Crippen molar-refractivity contribution in [3.8, 4) is 0 Å². The lowest BCUT2D eigenvalue weighted by atomic mass is 10.1. The number of thioether (sulfide) groups is 1. The minimum Gasteiger partial charge on any atom is -0.461 e. The highest BCUT2D eigenvalue weighted by molar-refractivity contribution is 7.99. The summed E-state index contributed by atoms with van der Waals surface area (Å²) in [5, 5.41) is 0. The van der Waals surface area contributed by atoms with Crippen molar-refractivity contribution < 1.29 is 19.1 Å². The molecule has 6 nitrogen and oxygen atoms in total. The van der Waals surface area contributed by atoms with Gasteiger partial charge in [0.2, 0.25) is 0 Å². The van der Waals surface area contributed by atoms with Crippen molar-refractivity contribution in [1.29, 1.82) is 0 Å². The normalized spacial score (nSPS) is 11.9. The van der Waals surface area contributed by atoms with Crippen LogP contribution < -0.4 is 0 Å². The third-order valence-corrected chi connectivity index (χ3v) is 9.15. The van der Waals surface area contributed by atoms with E-state index in [1.54, 1.807) is 0 Å². The Morgan fingerprint density at radius 3 is 1.43 bits per heavy atom. The summed E-state index contributed by atoms with van der Waals surface area (Å²) in [4.78, 5) is 28.8. The maximum Gasteiger partial charge on any atom is 0.306 e. The second kappa shape index (κ2) is 36.5. The van der Waals surface area contributed by atoms with Gasteiger partial charge in [-0.2, -0.15) is 0 Å². The average molecular weight is 667 g/mol. The lowest BCUT2D eigenvalue weighted by molar-refractivity contribution is -0.143. The zero-order valence-corrected chi connectivity index (χ0v) is 31.6. The van der Waals surface area contributed by atoms with Gasteiger partial charge in [-0.3, -0.25) is 14.5 Å². The van der Waals surface area contributed by atoms with Gasteiger partial charge in [-0.15, -0.1) is 11.8 Å². The summed E-state index contributed by atoms with van der Waals surface area (Å²) < 4.78 is 10.7. The summed E-state index contributed by atoms with van der Waals surface area (Å²) in [7, 11) is 4.28. The van der Waals surface area contributed by atoms with Gasteiger partial charge in [-0.25, -0.2) is 0 Å². The molecular weight excluding hydrogens is 593 g/mol. The molecule has 0 N–H and O–H groups in total. The monoisotopic (exact) mass is 667 g/mol. The Labute approximate surface area is 289 Å². The Balaban J connectivity index is 3.93. The Kier molecular flexibility index (Phi) is 35.5. The highest BCUT2D eigenvalue weighted by Gasteiger charge is 2.07. The van der Waals surface area contributed by atoms with Gasteiger partial charge in [0.05, 0.1) is 0 Å². The highest BCUT2D eigenvalue weighted by Crippen LogP contribution is 2.13. The maximum atomic E-state index is 12.0. The second-order valence-corrected chi connectivity index (χ2v) is 14.1. The lowest BCUT2D eigenvalue weighted by Gasteiger charge is -2.22. The van der Waals surface area contributed by atoms with Crippen LogP contribution in [0.4, 0.5) is 0 Å². The van der Waals surface area contributed by atoms with Crippen LogP contribution in [0.15, 0.2) is 24.3 Å². The number of rotatable bonds is 35. The fourth-order valence-corrected chi connectivity index (χ4v) is 6.27. The third-order valence-electron chi connectivity index (χ3n) is 8.13. The molecule has 0 bridgehead atoms. The fourth-order valence-electron chi connectivity index (χ4n) is 5.13. The molecule has 0 saturated heterocycles. The molecule has 46 heavy (non-hydrogen) atoms. The van der Waals surface area contributed by atoms with Gasteiger partial charge in [0.25, 0.3) is 0 Å². The lowest BCUT2D eigenvalue weighted by Crippen LogP contribution is -2.26. The number of carbonyl (C=O) groups excluding carboxylic acids is 2. The predicted octanol–water partition coefficient (Wildman–Crippen LogP) is 10.4. The van der Waals surface area contributed by atoms with Crippen molar-refractivity contribution in [2.24, 2.45) is 0 Å². The summed E-state index contributed by atoms with van der Waals surface area (Å²) in [6.45, 7) is 8.71. The molecule has 0 radical (unpaired) electrons. The SMILES string of the molecule is CCCCCC/C=C\COC(=O)CCCCCCCN(CCCCCCCC(=O)OC/C=C\CCCCCC)CSCCN(C)C. The van der Waals surface area contributed by atoms with E-state index >= 15 is 0 Å². The summed E-state index contributed by atoms with van der Waals surface area (Å²) in [5.41, 5.74) is 0. The number of nitrogens with zero attached hydrogens (tertiary/aromatic N) is 2. The van der Waals surface area contributed by atoms with E-state index in [0.29, 0.717) is 26.1 Å². The topological polar surface area (TPSA) is 59.1 Å². The summed E-state index contributed by atoms with van der Waals surface area (Å²) >= 11 is 2.04. The molecule has 270 valence electrons. The highest BCUT2D eigenvalue weighted by atomic mass is 32.2. The van der Waals surface area contributed by atoms with Gasteiger partial charge >= 0.3 is 11.9 Å². The van der Waals surface area contributed by atoms with Crippen LogP contribution in [0.1, 0.15) is 155 Å². The van der Waals surface area contributed by atoms with E-state index in [0.717, 1.165) is 64.0 Å². The zero-order chi connectivity index (χ0) is 33.8. The van der Waals surface area contributed by atoms with Crippen LogP contribution in [0.5, 0.6) is 0 Å². The van der Waals surface area contributed by atoms with Crippen LogP contribution in [0.25, 0.3) is 0 Å². The summed E-state index contributed by atoms with van der Waals surface area (Å²) in [6, 6.07) is 0. The van der Waals surface area contributed by atoms with Crippen molar-refractivity contribution in [3.05, 3.63) is 24.3 Å². The predicted molar refractivity (Wildman–Crippen MR) is 201 cm³/mol. The van der Waals surface area contributed by atoms with Crippen molar-refractivity contribution in [2.45, 2.75) is 155 Å². The third kappa shape index (κ3) is 35.5. The number of hydrogen-bond donors (Lipinski definition) is 0. The molecule has 0 aliphatic carbocycles. The van der Waals surface area contributed by atoms with E-state index < -0.39 is 0 Å². The first-order chi connectivity index (χ1) is 22.5. The van der Waals surface area contributed by atoms with E-state index in [-0.39, 0.29) is 11.9 Å². The van der Waals surface area contributed by atoms with Crippen LogP contribution >= 0.6 is 11.8 Å². The molecule has 0 fully saturated rings. The molecule has 0 saturated carbocycles. The second-order valence-electron chi connectivity index (χ2n) is 13.0. The molecule has 0 amide bonds. The molecule has 7 heteroatoms. The maximum absolute atomic E-state index is 12.0. The largest absolute Gasteiger partial charge is 0.461 e. The standard InChI is InChI=1S/C39H74N2O4S/c1-5-7-9-11-13-21-27-34-44-38(42)29-23-17-15-19-25-31-41(37-46-36-33-40(3)4)32-26-20-16-18-24-30-39(43)45-35-28-22-14-12-10-8-6-2/h21-22,27-28H,5-20,23-26,29-37H2,1-4H3/b27-21-,28-22-. The van der Waals surface area contributed by atoms with Crippen LogP contribution in [-0.4, -0.2) is 80.3 Å². The summed E-state index contributed by atoms with van der Waals surface area (Å²) in [5.74, 6) is 2.14. The molecule has 0 aromatic rings. The first-order valence-corrected chi connectivity index (χ1v) is 20.2. The average Bonchev–Trinajstić information content (AvgIpc) is 3.04. The van der Waals surface area contributed by atoms with Crippen molar-refractivity contribution in [1.82, 2.24) is 9.80 Å². The van der Waals surface area contributed by atoms with E-state index in [4.69, 9.17) is 9.47 Å². The molecule has 0 spiro atoms. The van der Waals surface area contributed by atoms with E-state index in [1.165, 1.54) is 95.6 Å². The summed E-state index contributed by atoms with van der Waals surface area (Å²) in [6.07, 6.45) is 33.0. The number of hydrogen-bond acceptors (Lipinski definition) is 7. The van der Waals surface area contributed by atoms with Gasteiger partial charge < -0.3 is 14.4 Å². The van der Waals surface area contributed by atoms with Crippen molar-refractivity contribution >= 4 is 23.7 Å². The molecule has 0 aromatic heterocycles. The Morgan fingerprint density at radius 2 is 0.978 bits per heavy atom. The van der Waals surface area contributed by atoms with E-state index in [1.807, 2.05) is 23.9 Å². The molecule has 0 rings (SSSR count). The Bertz CT molecular complexity index is 677. The van der Waals surface area contributed by atoms with Crippen LogP contribution in [-0.2, 0) is 19.1 Å². The van der Waals surface area contributed by atoms with E-state index in [2.05, 4.69) is 49.9 Å². The number of allylic oxidation sites excluding steroid dienone is 2. The number of ether oxygens (including phenoxy) is 2. The van der Waals surface area contributed by atoms with Crippen LogP contribution in [0.2, 0.25) is 0 Å². The van der Waals surface area contributed by atoms with Crippen molar-refractivity contribution in [2.75, 3.05) is 58.6 Å². The fraction of sp³-hybridized carbons (Fsp3) is 0.846.